The van der Waals surface area contributed by atoms with Crippen molar-refractivity contribution in [2.45, 2.75) is 53.0 Å². The quantitative estimate of drug-likeness (QED) is 0.768. The van der Waals surface area contributed by atoms with Crippen LogP contribution in [0.3, 0.4) is 0 Å². The van der Waals surface area contributed by atoms with Gasteiger partial charge in [-0.3, -0.25) is 0 Å². The molecule has 1 saturated carbocycles. The highest BCUT2D eigenvalue weighted by atomic mass is 35.5. The summed E-state index contributed by atoms with van der Waals surface area (Å²) in [4.78, 5) is 0. The summed E-state index contributed by atoms with van der Waals surface area (Å²) in [6.07, 6.45) is 3.86. The minimum atomic E-state index is 0.454. The maximum absolute atomic E-state index is 6.00. The summed E-state index contributed by atoms with van der Waals surface area (Å²) in [5.41, 5.74) is 2.92. The van der Waals surface area contributed by atoms with Gasteiger partial charge in [-0.2, -0.15) is 0 Å². The molecule has 18 heavy (non-hydrogen) atoms. The Hall–Kier alpha value is -0.690. The fraction of sp³-hybridized carbons (Fsp3) is 0.625. The smallest absolute Gasteiger partial charge is 0.0410 e. The average molecular weight is 266 g/mol. The van der Waals surface area contributed by atoms with Crippen LogP contribution in [0, 0.1) is 18.3 Å². The third-order valence-corrected chi connectivity index (χ3v) is 4.17. The van der Waals surface area contributed by atoms with Crippen molar-refractivity contribution in [3.63, 3.8) is 0 Å². The highest BCUT2D eigenvalue weighted by Crippen LogP contribution is 2.39. The Morgan fingerprint density at radius 1 is 1.28 bits per heavy atom. The molecular formula is C16H24ClN. The van der Waals surface area contributed by atoms with Gasteiger partial charge >= 0.3 is 0 Å². The Labute approximate surface area is 116 Å². The number of hydrogen-bond donors (Lipinski definition) is 1. The average Bonchev–Trinajstić information content (AvgIpc) is 2.19. The van der Waals surface area contributed by atoms with E-state index in [9.17, 15) is 0 Å². The van der Waals surface area contributed by atoms with E-state index >= 15 is 0 Å². The molecule has 2 unspecified atom stereocenters. The summed E-state index contributed by atoms with van der Waals surface area (Å²) >= 11 is 6.00. The summed E-state index contributed by atoms with van der Waals surface area (Å²) < 4.78 is 0. The van der Waals surface area contributed by atoms with Gasteiger partial charge in [-0.05, 0) is 61.3 Å². The van der Waals surface area contributed by atoms with Gasteiger partial charge in [-0.25, -0.2) is 0 Å². The van der Waals surface area contributed by atoms with E-state index in [-0.39, 0.29) is 0 Å². The molecule has 0 saturated heterocycles. The molecule has 0 radical (unpaired) electrons. The lowest BCUT2D eigenvalue weighted by atomic mass is 9.70. The predicted molar refractivity (Wildman–Crippen MR) is 80.4 cm³/mol. The van der Waals surface area contributed by atoms with Gasteiger partial charge in [-0.15, -0.1) is 0 Å². The van der Waals surface area contributed by atoms with Crippen molar-refractivity contribution >= 4 is 17.3 Å². The Bertz CT molecular complexity index is 425. The fourth-order valence-electron chi connectivity index (χ4n) is 3.46. The van der Waals surface area contributed by atoms with Gasteiger partial charge in [0.25, 0.3) is 0 Å². The monoisotopic (exact) mass is 265 g/mol. The molecule has 1 aromatic rings. The molecule has 2 atom stereocenters. The molecule has 1 aliphatic carbocycles. The topological polar surface area (TPSA) is 12.0 Å². The van der Waals surface area contributed by atoms with E-state index in [1.165, 1.54) is 30.5 Å². The molecule has 2 rings (SSSR count). The zero-order chi connectivity index (χ0) is 13.3. The van der Waals surface area contributed by atoms with Crippen LogP contribution >= 0.6 is 11.6 Å². The Kier molecular flexibility index (Phi) is 3.91. The van der Waals surface area contributed by atoms with E-state index in [0.717, 1.165) is 10.9 Å². The minimum absolute atomic E-state index is 0.454. The molecule has 1 aliphatic rings. The van der Waals surface area contributed by atoms with Crippen LogP contribution in [-0.2, 0) is 0 Å². The predicted octanol–water partition coefficient (Wildman–Crippen LogP) is 5.28. The van der Waals surface area contributed by atoms with Crippen LogP contribution in [0.4, 0.5) is 5.69 Å². The second-order valence-electron chi connectivity index (χ2n) is 6.71. The normalized spacial score (nSPS) is 26.9. The molecule has 0 aliphatic heterocycles. The highest BCUT2D eigenvalue weighted by Gasteiger charge is 2.31. The second kappa shape index (κ2) is 5.13. The van der Waals surface area contributed by atoms with E-state index < -0.39 is 0 Å². The van der Waals surface area contributed by atoms with Crippen molar-refractivity contribution in [3.05, 3.63) is 28.8 Å². The zero-order valence-corrected chi connectivity index (χ0v) is 12.6. The van der Waals surface area contributed by atoms with E-state index in [1.807, 2.05) is 12.1 Å². The summed E-state index contributed by atoms with van der Waals surface area (Å²) in [5.74, 6) is 0.804. The maximum Gasteiger partial charge on any atom is 0.0410 e. The zero-order valence-electron chi connectivity index (χ0n) is 11.9. The summed E-state index contributed by atoms with van der Waals surface area (Å²) in [5, 5.41) is 4.52. The lowest BCUT2D eigenvalue weighted by Crippen LogP contribution is -2.35. The molecular weight excluding hydrogens is 242 g/mol. The molecule has 0 bridgehead atoms. The fourth-order valence-corrected chi connectivity index (χ4v) is 3.69. The minimum Gasteiger partial charge on any atom is -0.382 e. The van der Waals surface area contributed by atoms with E-state index in [4.69, 9.17) is 11.6 Å². The number of halogens is 1. The Morgan fingerprint density at radius 2 is 2.00 bits per heavy atom. The molecule has 1 nitrogen and oxygen atoms in total. The largest absolute Gasteiger partial charge is 0.382 e. The first-order chi connectivity index (χ1) is 8.35. The van der Waals surface area contributed by atoms with Crippen LogP contribution in [0.2, 0.25) is 5.02 Å². The van der Waals surface area contributed by atoms with Crippen LogP contribution in [0.15, 0.2) is 18.2 Å². The van der Waals surface area contributed by atoms with Gasteiger partial charge in [0.05, 0.1) is 0 Å². The first-order valence-electron chi connectivity index (χ1n) is 6.88. The van der Waals surface area contributed by atoms with Crippen LogP contribution in [0.25, 0.3) is 0 Å². The highest BCUT2D eigenvalue weighted by molar-refractivity contribution is 6.30. The first-order valence-corrected chi connectivity index (χ1v) is 7.26. The molecule has 100 valence electrons. The van der Waals surface area contributed by atoms with Crippen LogP contribution in [0.5, 0.6) is 0 Å². The van der Waals surface area contributed by atoms with Gasteiger partial charge in [0.1, 0.15) is 0 Å². The second-order valence-corrected chi connectivity index (χ2v) is 7.15. The van der Waals surface area contributed by atoms with Crippen molar-refractivity contribution < 1.29 is 0 Å². The molecule has 2 heteroatoms. The summed E-state index contributed by atoms with van der Waals surface area (Å²) in [7, 11) is 0. The molecule has 1 fully saturated rings. The van der Waals surface area contributed by atoms with E-state index in [0.29, 0.717) is 11.5 Å². The number of hydrogen-bond acceptors (Lipinski definition) is 1. The van der Waals surface area contributed by atoms with Gasteiger partial charge in [-0.1, -0.05) is 32.4 Å². The summed E-state index contributed by atoms with van der Waals surface area (Å²) in [6, 6.07) is 6.68. The van der Waals surface area contributed by atoms with Crippen LogP contribution in [0.1, 0.15) is 45.6 Å². The molecule has 1 aromatic carbocycles. The lowest BCUT2D eigenvalue weighted by molar-refractivity contribution is 0.178. The number of nitrogens with one attached hydrogen (secondary N) is 1. The third kappa shape index (κ3) is 3.41. The van der Waals surface area contributed by atoms with Gasteiger partial charge in [0, 0.05) is 16.8 Å². The SMILES string of the molecule is Cc1cc(Cl)ccc1NC1CC(C)CC(C)(C)C1. The van der Waals surface area contributed by atoms with Crippen molar-refractivity contribution in [1.82, 2.24) is 0 Å². The van der Waals surface area contributed by atoms with Crippen molar-refractivity contribution in [2.24, 2.45) is 11.3 Å². The maximum atomic E-state index is 6.00. The molecule has 0 spiro atoms. The van der Waals surface area contributed by atoms with Gasteiger partial charge in [0.2, 0.25) is 0 Å². The van der Waals surface area contributed by atoms with Crippen molar-refractivity contribution in [2.75, 3.05) is 5.32 Å². The summed E-state index contributed by atoms with van der Waals surface area (Å²) in [6.45, 7) is 9.24. The Morgan fingerprint density at radius 3 is 2.61 bits per heavy atom. The van der Waals surface area contributed by atoms with Crippen LogP contribution < -0.4 is 5.32 Å². The number of aryl methyl sites for hydroxylation is 1. The Balaban J connectivity index is 2.09. The number of rotatable bonds is 2. The van der Waals surface area contributed by atoms with E-state index in [2.05, 4.69) is 39.1 Å². The lowest BCUT2D eigenvalue weighted by Gasteiger charge is -2.39. The first kappa shape index (κ1) is 13.7. The standard InChI is InChI=1S/C16H24ClN/c1-11-7-14(10-16(3,4)9-11)18-15-6-5-13(17)8-12(15)2/h5-6,8,11,14,18H,7,9-10H2,1-4H3. The molecule has 1 N–H and O–H groups in total. The van der Waals surface area contributed by atoms with E-state index in [1.54, 1.807) is 0 Å². The van der Waals surface area contributed by atoms with Gasteiger partial charge in [0.15, 0.2) is 0 Å². The number of anilines is 1. The van der Waals surface area contributed by atoms with Gasteiger partial charge < -0.3 is 5.32 Å². The van der Waals surface area contributed by atoms with Crippen molar-refractivity contribution in [3.8, 4) is 0 Å². The van der Waals surface area contributed by atoms with Crippen molar-refractivity contribution in [1.29, 1.82) is 0 Å². The third-order valence-electron chi connectivity index (χ3n) is 3.93. The molecule has 0 amide bonds. The molecule has 0 aromatic heterocycles. The van der Waals surface area contributed by atoms with Crippen LogP contribution in [-0.4, -0.2) is 6.04 Å². The molecule has 0 heterocycles. The number of benzene rings is 1.